The van der Waals surface area contributed by atoms with Gasteiger partial charge in [-0.1, -0.05) is 36.4 Å². The number of carboxylic acid groups (broad SMARTS) is 1. The number of hydrogen-bond acceptors (Lipinski definition) is 8. The van der Waals surface area contributed by atoms with Crippen LogP contribution in [-0.4, -0.2) is 77.8 Å². The Morgan fingerprint density at radius 3 is 2.52 bits per heavy atom. The monoisotopic (exact) mass is 583 g/mol. The van der Waals surface area contributed by atoms with Crippen molar-refractivity contribution in [3.8, 4) is 5.75 Å². The second kappa shape index (κ2) is 13.0. The van der Waals surface area contributed by atoms with E-state index in [0.717, 1.165) is 13.1 Å². The molecule has 2 amide bonds. The zero-order valence-electron chi connectivity index (χ0n) is 24.8. The lowest BCUT2D eigenvalue weighted by Gasteiger charge is -2.43. The fourth-order valence-electron chi connectivity index (χ4n) is 5.22. The molecule has 1 unspecified atom stereocenters. The van der Waals surface area contributed by atoms with Crippen LogP contribution in [-0.2, 0) is 32.0 Å². The standard InChI is InChI=1S/C31H41N3O8/c1-30(2,3)42-28(36)33-26-23-15-21(11-12-24(23)41-31(4,5)27(26)40-29(37)38)16-25(35)32-17-22-19-34(13-14-39-22)18-20-9-7-6-8-10-20/h6-12,15,22,26-27H,13-14,16-19H2,1-5H3,(H,32,35)(H,33,36)(H,37,38)/t22?,26-,27+/m1/s1. The molecule has 0 aromatic heterocycles. The van der Waals surface area contributed by atoms with E-state index in [4.69, 9.17) is 18.9 Å². The maximum absolute atomic E-state index is 12.9. The third-order valence-corrected chi connectivity index (χ3v) is 7.03. The molecule has 4 rings (SSSR count). The van der Waals surface area contributed by atoms with Crippen LogP contribution >= 0.6 is 0 Å². The average Bonchev–Trinajstić information content (AvgIpc) is 2.89. The maximum Gasteiger partial charge on any atom is 0.506 e. The Balaban J connectivity index is 1.42. The number of fused-ring (bicyclic) bond motifs is 1. The van der Waals surface area contributed by atoms with Crippen LogP contribution in [0.5, 0.6) is 5.75 Å². The molecule has 2 aromatic rings. The average molecular weight is 584 g/mol. The first-order chi connectivity index (χ1) is 19.8. The quantitative estimate of drug-likeness (QED) is 0.393. The highest BCUT2D eigenvalue weighted by Crippen LogP contribution is 2.42. The smallest absolute Gasteiger partial charge is 0.484 e. The van der Waals surface area contributed by atoms with Crippen molar-refractivity contribution in [1.29, 1.82) is 0 Å². The van der Waals surface area contributed by atoms with E-state index in [0.29, 0.717) is 36.6 Å². The number of nitrogens with one attached hydrogen (secondary N) is 2. The fourth-order valence-corrected chi connectivity index (χ4v) is 5.22. The molecule has 11 heteroatoms. The van der Waals surface area contributed by atoms with Gasteiger partial charge < -0.3 is 34.7 Å². The summed E-state index contributed by atoms with van der Waals surface area (Å²) in [5, 5.41) is 15.2. The van der Waals surface area contributed by atoms with Crippen LogP contribution in [0.25, 0.3) is 0 Å². The van der Waals surface area contributed by atoms with Crippen molar-refractivity contribution in [3.63, 3.8) is 0 Å². The molecule has 3 atom stereocenters. The van der Waals surface area contributed by atoms with Gasteiger partial charge >= 0.3 is 12.2 Å². The largest absolute Gasteiger partial charge is 0.506 e. The predicted octanol–water partition coefficient (Wildman–Crippen LogP) is 4.05. The van der Waals surface area contributed by atoms with E-state index in [2.05, 4.69) is 27.7 Å². The highest BCUT2D eigenvalue weighted by molar-refractivity contribution is 5.79. The lowest BCUT2D eigenvalue weighted by atomic mass is 9.85. The minimum Gasteiger partial charge on any atom is -0.484 e. The number of nitrogens with zero attached hydrogens (tertiary/aromatic N) is 1. The van der Waals surface area contributed by atoms with Gasteiger partial charge in [0.15, 0.2) is 6.10 Å². The molecule has 0 aliphatic carbocycles. The van der Waals surface area contributed by atoms with Gasteiger partial charge in [0.1, 0.15) is 23.0 Å². The van der Waals surface area contributed by atoms with Crippen LogP contribution < -0.4 is 15.4 Å². The number of amides is 2. The van der Waals surface area contributed by atoms with Gasteiger partial charge in [0, 0.05) is 31.7 Å². The molecule has 2 aliphatic rings. The summed E-state index contributed by atoms with van der Waals surface area (Å²) >= 11 is 0. The Hall–Kier alpha value is -3.83. The Labute approximate surface area is 246 Å². The second-order valence-electron chi connectivity index (χ2n) is 12.2. The molecule has 0 saturated carbocycles. The summed E-state index contributed by atoms with van der Waals surface area (Å²) in [5.41, 5.74) is 0.520. The first-order valence-electron chi connectivity index (χ1n) is 14.1. The highest BCUT2D eigenvalue weighted by atomic mass is 16.7. The third kappa shape index (κ3) is 8.59. The van der Waals surface area contributed by atoms with Crippen molar-refractivity contribution in [2.45, 2.75) is 77.0 Å². The molecule has 0 radical (unpaired) electrons. The number of hydrogen-bond donors (Lipinski definition) is 3. The van der Waals surface area contributed by atoms with Crippen LogP contribution in [0, 0.1) is 0 Å². The third-order valence-electron chi connectivity index (χ3n) is 7.03. The molecule has 1 saturated heterocycles. The van der Waals surface area contributed by atoms with Crippen LogP contribution in [0.15, 0.2) is 48.5 Å². The summed E-state index contributed by atoms with van der Waals surface area (Å²) in [6, 6.07) is 14.5. The van der Waals surface area contributed by atoms with Crippen molar-refractivity contribution >= 4 is 18.2 Å². The number of benzene rings is 2. The molecular weight excluding hydrogens is 542 g/mol. The van der Waals surface area contributed by atoms with E-state index in [1.54, 1.807) is 52.8 Å². The van der Waals surface area contributed by atoms with Crippen molar-refractivity contribution in [2.24, 2.45) is 0 Å². The summed E-state index contributed by atoms with van der Waals surface area (Å²) in [5.74, 6) is 0.260. The molecule has 11 nitrogen and oxygen atoms in total. The molecule has 42 heavy (non-hydrogen) atoms. The Morgan fingerprint density at radius 2 is 1.83 bits per heavy atom. The van der Waals surface area contributed by atoms with Crippen LogP contribution in [0.1, 0.15) is 57.4 Å². The van der Waals surface area contributed by atoms with Gasteiger partial charge in [-0.25, -0.2) is 9.59 Å². The summed E-state index contributed by atoms with van der Waals surface area (Å²) in [4.78, 5) is 39.5. The van der Waals surface area contributed by atoms with E-state index in [1.807, 2.05) is 18.2 Å². The molecule has 2 aromatic carbocycles. The molecular formula is C31H41N3O8. The number of carbonyl (C=O) groups excluding carboxylic acids is 2. The Morgan fingerprint density at radius 1 is 1.10 bits per heavy atom. The molecule has 228 valence electrons. The molecule has 1 fully saturated rings. The zero-order valence-corrected chi connectivity index (χ0v) is 24.8. The predicted molar refractivity (Wildman–Crippen MR) is 154 cm³/mol. The Bertz CT molecular complexity index is 1260. The number of ether oxygens (including phenoxy) is 4. The number of carbonyl (C=O) groups is 3. The molecule has 2 aliphatic heterocycles. The first-order valence-corrected chi connectivity index (χ1v) is 14.1. The van der Waals surface area contributed by atoms with E-state index in [9.17, 15) is 19.5 Å². The van der Waals surface area contributed by atoms with Crippen LogP contribution in [0.2, 0.25) is 0 Å². The van der Waals surface area contributed by atoms with Crippen molar-refractivity contribution in [3.05, 3.63) is 65.2 Å². The van der Waals surface area contributed by atoms with E-state index in [1.165, 1.54) is 5.56 Å². The molecule has 3 N–H and O–H groups in total. The normalized spacial score (nSPS) is 21.8. The van der Waals surface area contributed by atoms with Gasteiger partial charge in [0.25, 0.3) is 0 Å². The highest BCUT2D eigenvalue weighted by Gasteiger charge is 2.48. The van der Waals surface area contributed by atoms with Crippen molar-refractivity contribution < 1.29 is 38.4 Å². The summed E-state index contributed by atoms with van der Waals surface area (Å²) < 4.78 is 22.6. The number of morpholine rings is 1. The van der Waals surface area contributed by atoms with Gasteiger partial charge in [0.2, 0.25) is 5.91 Å². The van der Waals surface area contributed by atoms with Crippen LogP contribution in [0.4, 0.5) is 9.59 Å². The van der Waals surface area contributed by atoms with Crippen molar-refractivity contribution in [1.82, 2.24) is 15.5 Å². The lowest BCUT2D eigenvalue weighted by Crippen LogP contribution is -2.55. The van der Waals surface area contributed by atoms with E-state index in [-0.39, 0.29) is 18.4 Å². The second-order valence-corrected chi connectivity index (χ2v) is 12.2. The van der Waals surface area contributed by atoms with Gasteiger partial charge in [-0.3, -0.25) is 9.69 Å². The zero-order chi connectivity index (χ0) is 30.5. The minimum atomic E-state index is -1.50. The maximum atomic E-state index is 12.9. The summed E-state index contributed by atoms with van der Waals surface area (Å²) in [7, 11) is 0. The Kier molecular flexibility index (Phi) is 9.63. The topological polar surface area (TPSA) is 136 Å². The minimum absolute atomic E-state index is 0.0702. The molecule has 0 bridgehead atoms. The van der Waals surface area contributed by atoms with Crippen LogP contribution in [0.3, 0.4) is 0 Å². The summed E-state index contributed by atoms with van der Waals surface area (Å²) in [6.45, 7) is 11.9. The van der Waals surface area contributed by atoms with Crippen molar-refractivity contribution in [2.75, 3.05) is 26.2 Å². The van der Waals surface area contributed by atoms with Gasteiger partial charge in [0.05, 0.1) is 19.1 Å². The SMILES string of the molecule is CC(C)(C)OC(=O)N[C@@H]1c2cc(CC(=O)NCC3CN(Cc4ccccc4)CCO3)ccc2OC(C)(C)[C@H]1OC(=O)O. The summed E-state index contributed by atoms with van der Waals surface area (Å²) in [6.07, 6.45) is -3.37. The van der Waals surface area contributed by atoms with Gasteiger partial charge in [-0.2, -0.15) is 0 Å². The van der Waals surface area contributed by atoms with Gasteiger partial charge in [-0.15, -0.1) is 0 Å². The molecule has 0 spiro atoms. The van der Waals surface area contributed by atoms with E-state index >= 15 is 0 Å². The lowest BCUT2D eigenvalue weighted by molar-refractivity contribution is -0.121. The number of alkyl carbamates (subject to hydrolysis) is 1. The van der Waals surface area contributed by atoms with E-state index < -0.39 is 35.6 Å². The first kappa shape index (κ1) is 31.1. The molecule has 2 heterocycles. The fraction of sp³-hybridized carbons (Fsp3) is 0.516. The van der Waals surface area contributed by atoms with Gasteiger partial charge in [-0.05, 0) is 57.9 Å². The number of rotatable bonds is 8.